The minimum atomic E-state index is 1.05. The van der Waals surface area contributed by atoms with Crippen LogP contribution < -0.4 is 0 Å². The summed E-state index contributed by atoms with van der Waals surface area (Å²) in [7, 11) is 0. The van der Waals surface area contributed by atoms with Gasteiger partial charge >= 0.3 is 0 Å². The second-order valence-corrected chi connectivity index (χ2v) is 5.62. The molecule has 1 aliphatic carbocycles. The van der Waals surface area contributed by atoms with Crippen LogP contribution in [0.25, 0.3) is 33.3 Å². The molecule has 0 amide bonds. The van der Waals surface area contributed by atoms with Gasteiger partial charge in [0.2, 0.25) is 0 Å². The Morgan fingerprint density at radius 2 is 1.76 bits per heavy atom. The average molecular weight is 272 g/mol. The van der Waals surface area contributed by atoms with E-state index in [1.165, 1.54) is 33.2 Å². The summed E-state index contributed by atoms with van der Waals surface area (Å²) >= 11 is 0. The van der Waals surface area contributed by atoms with Crippen LogP contribution in [0.4, 0.5) is 0 Å². The Labute approximate surface area is 123 Å². The van der Waals surface area contributed by atoms with Gasteiger partial charge in [-0.15, -0.1) is 0 Å². The second-order valence-electron chi connectivity index (χ2n) is 5.62. The normalized spacial score (nSPS) is 11.3. The lowest BCUT2D eigenvalue weighted by Gasteiger charge is -2.06. The van der Waals surface area contributed by atoms with Crippen molar-refractivity contribution in [3.63, 3.8) is 0 Å². The third-order valence-corrected chi connectivity index (χ3v) is 3.95. The predicted octanol–water partition coefficient (Wildman–Crippen LogP) is 4.95. The van der Waals surface area contributed by atoms with Gasteiger partial charge in [0.05, 0.1) is 11.2 Å². The van der Waals surface area contributed by atoms with Crippen LogP contribution in [0.1, 0.15) is 11.1 Å². The number of nitrogens with one attached hydrogen (secondary N) is 1. The molecule has 21 heavy (non-hydrogen) atoms. The monoisotopic (exact) mass is 272 g/mol. The molecule has 2 heteroatoms. The molecule has 1 N–H and O–H groups in total. The van der Waals surface area contributed by atoms with Gasteiger partial charge in [-0.2, -0.15) is 0 Å². The molecule has 1 aliphatic heterocycles. The SMILES string of the molecule is Cc1c[nH]c2c3ncc(C)cc3c(-c3ccccc3)c-2c1. The van der Waals surface area contributed by atoms with E-state index in [0.29, 0.717) is 0 Å². The molecular formula is C19H16N2. The van der Waals surface area contributed by atoms with Crippen LogP contribution in [0, 0.1) is 13.8 Å². The van der Waals surface area contributed by atoms with Crippen molar-refractivity contribution in [2.75, 3.05) is 0 Å². The van der Waals surface area contributed by atoms with Crippen LogP contribution in [0.2, 0.25) is 0 Å². The van der Waals surface area contributed by atoms with Crippen molar-refractivity contribution in [3.8, 4) is 22.4 Å². The summed E-state index contributed by atoms with van der Waals surface area (Å²) in [6.45, 7) is 4.20. The third kappa shape index (κ3) is 1.83. The Hall–Kier alpha value is -2.61. The lowest BCUT2D eigenvalue weighted by atomic mass is 10.0. The molecule has 0 bridgehead atoms. The maximum atomic E-state index is 4.65. The zero-order chi connectivity index (χ0) is 14.4. The fraction of sp³-hybridized carbons (Fsp3) is 0.105. The molecule has 0 atom stereocenters. The van der Waals surface area contributed by atoms with Gasteiger partial charge in [0, 0.05) is 28.9 Å². The van der Waals surface area contributed by atoms with E-state index < -0.39 is 0 Å². The van der Waals surface area contributed by atoms with E-state index in [1.54, 1.807) is 0 Å². The van der Waals surface area contributed by atoms with Crippen LogP contribution in [-0.4, -0.2) is 9.97 Å². The molecule has 2 heterocycles. The number of aryl methyl sites for hydroxylation is 2. The van der Waals surface area contributed by atoms with E-state index in [2.05, 4.69) is 66.3 Å². The fourth-order valence-corrected chi connectivity index (χ4v) is 3.02. The van der Waals surface area contributed by atoms with Crippen molar-refractivity contribution in [2.45, 2.75) is 13.8 Å². The van der Waals surface area contributed by atoms with Crippen LogP contribution in [0.3, 0.4) is 0 Å². The van der Waals surface area contributed by atoms with Crippen LogP contribution in [0.5, 0.6) is 0 Å². The largest absolute Gasteiger partial charge is 0.359 e. The molecule has 102 valence electrons. The van der Waals surface area contributed by atoms with Crippen molar-refractivity contribution in [3.05, 3.63) is 66.0 Å². The van der Waals surface area contributed by atoms with Gasteiger partial charge in [-0.25, -0.2) is 0 Å². The van der Waals surface area contributed by atoms with Gasteiger partial charge in [0.1, 0.15) is 0 Å². The number of aromatic nitrogens is 2. The summed E-state index contributed by atoms with van der Waals surface area (Å²) in [6.07, 6.45) is 3.97. The highest BCUT2D eigenvalue weighted by atomic mass is 14.8. The summed E-state index contributed by atoms with van der Waals surface area (Å²) in [4.78, 5) is 8.06. The molecule has 1 aromatic carbocycles. The van der Waals surface area contributed by atoms with E-state index in [0.717, 1.165) is 11.2 Å². The van der Waals surface area contributed by atoms with Gasteiger partial charge in [0.25, 0.3) is 0 Å². The van der Waals surface area contributed by atoms with E-state index >= 15 is 0 Å². The van der Waals surface area contributed by atoms with Crippen LogP contribution in [0.15, 0.2) is 54.9 Å². The van der Waals surface area contributed by atoms with Crippen molar-refractivity contribution in [1.29, 1.82) is 0 Å². The zero-order valence-corrected chi connectivity index (χ0v) is 12.1. The first-order valence-corrected chi connectivity index (χ1v) is 7.16. The summed E-state index contributed by atoms with van der Waals surface area (Å²) in [5.41, 5.74) is 8.34. The van der Waals surface area contributed by atoms with E-state index in [9.17, 15) is 0 Å². The minimum Gasteiger partial charge on any atom is -0.359 e. The molecule has 2 aliphatic rings. The lowest BCUT2D eigenvalue weighted by molar-refractivity contribution is 1.27. The van der Waals surface area contributed by atoms with Gasteiger partial charge in [-0.1, -0.05) is 30.3 Å². The molecule has 0 unspecified atom stereocenters. The summed E-state index contributed by atoms with van der Waals surface area (Å²) in [5, 5.41) is 1.22. The number of H-pyrrole nitrogens is 1. The molecular weight excluding hydrogens is 256 g/mol. The number of aromatic amines is 1. The van der Waals surface area contributed by atoms with E-state index in [4.69, 9.17) is 0 Å². The fourth-order valence-electron chi connectivity index (χ4n) is 3.02. The molecule has 4 rings (SSSR count). The van der Waals surface area contributed by atoms with E-state index in [-0.39, 0.29) is 0 Å². The van der Waals surface area contributed by atoms with Gasteiger partial charge in [-0.05, 0) is 42.7 Å². The molecule has 0 fully saturated rings. The topological polar surface area (TPSA) is 28.7 Å². The molecule has 2 nitrogen and oxygen atoms in total. The van der Waals surface area contributed by atoms with Crippen molar-refractivity contribution in [2.24, 2.45) is 0 Å². The lowest BCUT2D eigenvalue weighted by Crippen LogP contribution is -1.85. The molecule has 0 spiro atoms. The first-order chi connectivity index (χ1) is 10.2. The standard InChI is InChI=1S/C19H16N2/c1-12-8-15-17(14-6-4-3-5-7-14)16-9-13(2)11-21-19(16)18(15)20-10-12/h3-11,20H,1-2H3. The second kappa shape index (κ2) is 4.45. The highest BCUT2D eigenvalue weighted by molar-refractivity contribution is 6.12. The number of fused-ring (bicyclic) bond motifs is 3. The van der Waals surface area contributed by atoms with Gasteiger partial charge < -0.3 is 4.98 Å². The van der Waals surface area contributed by atoms with Crippen molar-refractivity contribution >= 4 is 10.9 Å². The Morgan fingerprint density at radius 3 is 2.57 bits per heavy atom. The smallest absolute Gasteiger partial charge is 0.0949 e. The number of hydrogen-bond acceptors (Lipinski definition) is 1. The predicted molar refractivity (Wildman–Crippen MR) is 87.6 cm³/mol. The molecule has 0 saturated heterocycles. The number of nitrogens with zero attached hydrogens (tertiary/aromatic N) is 1. The zero-order valence-electron chi connectivity index (χ0n) is 12.1. The Balaban J connectivity index is 2.20. The quantitative estimate of drug-likeness (QED) is 0.521. The van der Waals surface area contributed by atoms with E-state index in [1.807, 2.05) is 12.4 Å². The number of rotatable bonds is 1. The maximum Gasteiger partial charge on any atom is 0.0949 e. The molecule has 0 saturated carbocycles. The third-order valence-electron chi connectivity index (χ3n) is 3.95. The Kier molecular flexibility index (Phi) is 2.58. The molecule has 1 aromatic heterocycles. The molecule has 0 radical (unpaired) electrons. The van der Waals surface area contributed by atoms with Gasteiger partial charge in [-0.3, -0.25) is 4.98 Å². The summed E-state index contributed by atoms with van der Waals surface area (Å²) in [6, 6.07) is 15.0. The summed E-state index contributed by atoms with van der Waals surface area (Å²) < 4.78 is 0. The maximum absolute atomic E-state index is 4.65. The first-order valence-electron chi connectivity index (χ1n) is 7.16. The number of pyridine rings is 2. The van der Waals surface area contributed by atoms with Gasteiger partial charge in [0.15, 0.2) is 0 Å². The van der Waals surface area contributed by atoms with Crippen molar-refractivity contribution in [1.82, 2.24) is 9.97 Å². The highest BCUT2D eigenvalue weighted by Gasteiger charge is 2.20. The number of benzene rings is 1. The average Bonchev–Trinajstić information content (AvgIpc) is 2.80. The Bertz CT molecular complexity index is 904. The molecule has 2 aromatic rings. The summed E-state index contributed by atoms with van der Waals surface area (Å²) in [5.74, 6) is 0. The Morgan fingerprint density at radius 1 is 0.952 bits per heavy atom. The highest BCUT2D eigenvalue weighted by Crippen LogP contribution is 2.43. The van der Waals surface area contributed by atoms with Crippen LogP contribution >= 0.6 is 0 Å². The number of hydrogen-bond donors (Lipinski definition) is 1. The van der Waals surface area contributed by atoms with Crippen molar-refractivity contribution < 1.29 is 0 Å². The van der Waals surface area contributed by atoms with Crippen LogP contribution in [-0.2, 0) is 0 Å². The first kappa shape index (κ1) is 12.2. The minimum absolute atomic E-state index is 1.05.